The normalized spacial score (nSPS) is 21.0. The first-order valence-corrected chi connectivity index (χ1v) is 4.27. The number of aryl methyl sites for hydroxylation is 1. The molecule has 1 aliphatic rings. The molecule has 0 aromatic heterocycles. The number of hydrogen-bond donors (Lipinski definition) is 1. The van der Waals surface area contributed by atoms with Crippen LogP contribution < -0.4 is 5.73 Å². The highest BCUT2D eigenvalue weighted by Gasteiger charge is 2.21. The predicted molar refractivity (Wildman–Crippen MR) is 46.5 cm³/mol. The molecule has 0 heterocycles. The molecule has 0 spiro atoms. The van der Waals surface area contributed by atoms with E-state index in [-0.39, 0.29) is 0 Å². The Morgan fingerprint density at radius 2 is 2.33 bits per heavy atom. The van der Waals surface area contributed by atoms with E-state index in [1.54, 1.807) is 0 Å². The summed E-state index contributed by atoms with van der Waals surface area (Å²) in [6.07, 6.45) is 0.761. The molecule has 0 saturated carbocycles. The van der Waals surface area contributed by atoms with Gasteiger partial charge in [-0.25, -0.2) is 4.39 Å². The van der Waals surface area contributed by atoms with Gasteiger partial charge in [-0.3, -0.25) is 0 Å². The molecule has 0 fully saturated rings. The lowest BCUT2D eigenvalue weighted by atomic mass is 10.1. The van der Waals surface area contributed by atoms with Gasteiger partial charge >= 0.3 is 0 Å². The Balaban J connectivity index is 2.43. The van der Waals surface area contributed by atoms with Crippen LogP contribution in [0.15, 0.2) is 18.2 Å². The summed E-state index contributed by atoms with van der Waals surface area (Å²) in [5, 5.41) is 0. The van der Waals surface area contributed by atoms with Crippen LogP contribution in [0, 0.1) is 0 Å². The number of alkyl halides is 1. The van der Waals surface area contributed by atoms with Crippen LogP contribution in [0.5, 0.6) is 0 Å². The zero-order valence-corrected chi connectivity index (χ0v) is 6.89. The van der Waals surface area contributed by atoms with E-state index in [9.17, 15) is 4.39 Å². The van der Waals surface area contributed by atoms with Gasteiger partial charge in [0.05, 0.1) is 0 Å². The van der Waals surface area contributed by atoms with Crippen molar-refractivity contribution < 1.29 is 4.39 Å². The number of halogens is 1. The lowest BCUT2D eigenvalue weighted by Gasteiger charge is -2.03. The van der Waals surface area contributed by atoms with Gasteiger partial charge in [0.2, 0.25) is 0 Å². The van der Waals surface area contributed by atoms with Crippen LogP contribution in [0.2, 0.25) is 0 Å². The van der Waals surface area contributed by atoms with Crippen molar-refractivity contribution in [3.05, 3.63) is 34.9 Å². The van der Waals surface area contributed by atoms with Crippen molar-refractivity contribution in [1.29, 1.82) is 0 Å². The van der Waals surface area contributed by atoms with Crippen molar-refractivity contribution in [3.8, 4) is 0 Å². The smallest absolute Gasteiger partial charge is 0.126 e. The standard InChI is InChI=1S/C10H12FN/c11-10-4-3-8-2-1-7(6-12)5-9(8)10/h1-2,5,10H,3-4,6,12H2. The quantitative estimate of drug-likeness (QED) is 0.677. The summed E-state index contributed by atoms with van der Waals surface area (Å²) in [6.45, 7) is 0.500. The first kappa shape index (κ1) is 7.74. The zero-order chi connectivity index (χ0) is 8.55. The van der Waals surface area contributed by atoms with Crippen molar-refractivity contribution in [3.63, 3.8) is 0 Å². The van der Waals surface area contributed by atoms with Crippen LogP contribution in [-0.4, -0.2) is 0 Å². The number of rotatable bonds is 1. The maximum Gasteiger partial charge on any atom is 0.126 e. The van der Waals surface area contributed by atoms with Gasteiger partial charge in [0.15, 0.2) is 0 Å². The van der Waals surface area contributed by atoms with Gasteiger partial charge in [0, 0.05) is 6.54 Å². The van der Waals surface area contributed by atoms with E-state index in [0.29, 0.717) is 13.0 Å². The van der Waals surface area contributed by atoms with Gasteiger partial charge in [0.25, 0.3) is 0 Å². The SMILES string of the molecule is NCc1ccc2c(c1)C(F)CC2. The molecule has 1 aromatic carbocycles. The lowest BCUT2D eigenvalue weighted by molar-refractivity contribution is 0.343. The minimum Gasteiger partial charge on any atom is -0.326 e. The van der Waals surface area contributed by atoms with E-state index in [0.717, 1.165) is 23.1 Å². The Bertz CT molecular complexity index is 296. The van der Waals surface area contributed by atoms with E-state index < -0.39 is 6.17 Å². The average Bonchev–Trinajstić information content (AvgIpc) is 2.47. The van der Waals surface area contributed by atoms with E-state index in [1.165, 1.54) is 0 Å². The number of nitrogens with two attached hydrogens (primary N) is 1. The van der Waals surface area contributed by atoms with Crippen molar-refractivity contribution >= 4 is 0 Å². The average molecular weight is 165 g/mol. The third-order valence-corrected chi connectivity index (χ3v) is 2.45. The molecule has 1 nitrogen and oxygen atoms in total. The fourth-order valence-corrected chi connectivity index (χ4v) is 1.73. The van der Waals surface area contributed by atoms with Crippen LogP contribution in [0.25, 0.3) is 0 Å². The molecule has 0 bridgehead atoms. The Labute approximate surface area is 71.4 Å². The first-order chi connectivity index (χ1) is 5.81. The van der Waals surface area contributed by atoms with E-state index in [1.807, 2.05) is 18.2 Å². The summed E-state index contributed by atoms with van der Waals surface area (Å²) in [4.78, 5) is 0. The molecule has 1 atom stereocenters. The van der Waals surface area contributed by atoms with Crippen LogP contribution >= 0.6 is 0 Å². The van der Waals surface area contributed by atoms with Crippen molar-refractivity contribution in [1.82, 2.24) is 0 Å². The molecule has 2 N–H and O–H groups in total. The maximum atomic E-state index is 13.2. The molecule has 0 radical (unpaired) electrons. The van der Waals surface area contributed by atoms with Crippen LogP contribution in [0.1, 0.15) is 29.3 Å². The lowest BCUT2D eigenvalue weighted by Crippen LogP contribution is -1.97. The Morgan fingerprint density at radius 3 is 3.08 bits per heavy atom. The van der Waals surface area contributed by atoms with E-state index >= 15 is 0 Å². The highest BCUT2D eigenvalue weighted by atomic mass is 19.1. The summed E-state index contributed by atoms with van der Waals surface area (Å²) < 4.78 is 13.2. The number of benzene rings is 1. The molecule has 12 heavy (non-hydrogen) atoms. The molecule has 0 saturated heterocycles. The molecule has 2 heteroatoms. The topological polar surface area (TPSA) is 26.0 Å². The molecular formula is C10H12FN. The van der Waals surface area contributed by atoms with Gasteiger partial charge in [-0.2, -0.15) is 0 Å². The zero-order valence-electron chi connectivity index (χ0n) is 6.89. The van der Waals surface area contributed by atoms with Gasteiger partial charge in [-0.05, 0) is 29.5 Å². The molecule has 0 aliphatic heterocycles. The molecule has 64 valence electrons. The number of hydrogen-bond acceptors (Lipinski definition) is 1. The Hall–Kier alpha value is -0.890. The molecule has 1 aromatic rings. The summed E-state index contributed by atoms with van der Waals surface area (Å²) in [6, 6.07) is 5.88. The number of fused-ring (bicyclic) bond motifs is 1. The Morgan fingerprint density at radius 1 is 1.50 bits per heavy atom. The molecule has 0 amide bonds. The molecule has 1 aliphatic carbocycles. The van der Waals surface area contributed by atoms with Gasteiger partial charge in [-0.1, -0.05) is 18.2 Å². The van der Waals surface area contributed by atoms with Crippen LogP contribution in [-0.2, 0) is 13.0 Å². The predicted octanol–water partition coefficient (Wildman–Crippen LogP) is 2.10. The monoisotopic (exact) mass is 165 g/mol. The second kappa shape index (κ2) is 2.87. The third kappa shape index (κ3) is 1.12. The largest absolute Gasteiger partial charge is 0.326 e. The van der Waals surface area contributed by atoms with Crippen molar-refractivity contribution in [2.24, 2.45) is 5.73 Å². The molecular weight excluding hydrogens is 153 g/mol. The van der Waals surface area contributed by atoms with Gasteiger partial charge in [0.1, 0.15) is 6.17 Å². The Kier molecular flexibility index (Phi) is 1.85. The summed E-state index contributed by atoms with van der Waals surface area (Å²) in [5.41, 5.74) is 8.50. The summed E-state index contributed by atoms with van der Waals surface area (Å²) >= 11 is 0. The van der Waals surface area contributed by atoms with E-state index in [2.05, 4.69) is 0 Å². The summed E-state index contributed by atoms with van der Waals surface area (Å²) in [7, 11) is 0. The minimum absolute atomic E-state index is 0.500. The second-order valence-electron chi connectivity index (χ2n) is 3.24. The third-order valence-electron chi connectivity index (χ3n) is 2.45. The highest BCUT2D eigenvalue weighted by molar-refractivity contribution is 5.37. The summed E-state index contributed by atoms with van der Waals surface area (Å²) in [5.74, 6) is 0. The van der Waals surface area contributed by atoms with Crippen LogP contribution in [0.3, 0.4) is 0 Å². The fraction of sp³-hybridized carbons (Fsp3) is 0.400. The van der Waals surface area contributed by atoms with Crippen LogP contribution in [0.4, 0.5) is 4.39 Å². The van der Waals surface area contributed by atoms with Crippen molar-refractivity contribution in [2.45, 2.75) is 25.6 Å². The fourth-order valence-electron chi connectivity index (χ4n) is 1.73. The van der Waals surface area contributed by atoms with Gasteiger partial charge in [-0.15, -0.1) is 0 Å². The first-order valence-electron chi connectivity index (χ1n) is 4.27. The van der Waals surface area contributed by atoms with Gasteiger partial charge < -0.3 is 5.73 Å². The maximum absolute atomic E-state index is 13.2. The molecule has 1 unspecified atom stereocenters. The highest BCUT2D eigenvalue weighted by Crippen LogP contribution is 2.34. The van der Waals surface area contributed by atoms with Crippen molar-refractivity contribution in [2.75, 3.05) is 0 Å². The molecule has 2 rings (SSSR count). The minimum atomic E-state index is -0.758. The van der Waals surface area contributed by atoms with E-state index in [4.69, 9.17) is 5.73 Å². The second-order valence-corrected chi connectivity index (χ2v) is 3.24.